The van der Waals surface area contributed by atoms with Crippen molar-refractivity contribution < 1.29 is 14.8 Å². The van der Waals surface area contributed by atoms with Gasteiger partial charge in [0, 0.05) is 13.1 Å². The Kier molecular flexibility index (Phi) is 3.39. The van der Waals surface area contributed by atoms with E-state index in [0.717, 1.165) is 6.20 Å². The number of aromatic nitrogens is 1. The molecule has 1 atom stereocenters. The fraction of sp³-hybridized carbons (Fsp3) is 0.333. The van der Waals surface area contributed by atoms with Crippen LogP contribution >= 0.6 is 0 Å². The molecule has 0 aliphatic carbocycles. The van der Waals surface area contributed by atoms with Crippen LogP contribution in [0.15, 0.2) is 18.3 Å². The monoisotopic (exact) mass is 225 g/mol. The van der Waals surface area contributed by atoms with E-state index in [0.29, 0.717) is 5.82 Å². The molecule has 7 heteroatoms. The first-order chi connectivity index (χ1) is 7.43. The number of nitro groups is 1. The largest absolute Gasteiger partial charge is 0.480 e. The lowest BCUT2D eigenvalue weighted by Gasteiger charge is -2.21. The highest BCUT2D eigenvalue weighted by Crippen LogP contribution is 2.16. The van der Waals surface area contributed by atoms with Crippen molar-refractivity contribution >= 4 is 17.5 Å². The third-order valence-electron chi connectivity index (χ3n) is 2.24. The summed E-state index contributed by atoms with van der Waals surface area (Å²) < 4.78 is 0. The highest BCUT2D eigenvalue weighted by Gasteiger charge is 2.18. The van der Waals surface area contributed by atoms with Gasteiger partial charge in [0.15, 0.2) is 0 Å². The smallest absolute Gasteiger partial charge is 0.326 e. The number of nitrogens with zero attached hydrogens (tertiary/aromatic N) is 3. The summed E-state index contributed by atoms with van der Waals surface area (Å²) in [7, 11) is 1.56. The summed E-state index contributed by atoms with van der Waals surface area (Å²) in [5.74, 6) is -0.608. The first-order valence-corrected chi connectivity index (χ1v) is 4.49. The summed E-state index contributed by atoms with van der Waals surface area (Å²) >= 11 is 0. The van der Waals surface area contributed by atoms with E-state index in [1.807, 2.05) is 0 Å². The fourth-order valence-corrected chi connectivity index (χ4v) is 1.06. The molecule has 0 spiro atoms. The number of carboxylic acids is 1. The standard InChI is InChI=1S/C9H11N3O4/c1-6(9(13)14)11(2)8-4-3-7(5-10-8)12(15)16/h3-6H,1-2H3,(H,13,14). The van der Waals surface area contributed by atoms with Gasteiger partial charge in [-0.05, 0) is 13.0 Å². The van der Waals surface area contributed by atoms with E-state index in [4.69, 9.17) is 5.11 Å². The van der Waals surface area contributed by atoms with Crippen LogP contribution in [0, 0.1) is 10.1 Å². The third-order valence-corrected chi connectivity index (χ3v) is 2.24. The molecule has 7 nitrogen and oxygen atoms in total. The number of likely N-dealkylation sites (N-methyl/N-ethyl adjacent to an activating group) is 1. The first-order valence-electron chi connectivity index (χ1n) is 4.49. The minimum Gasteiger partial charge on any atom is -0.480 e. The molecule has 86 valence electrons. The Bertz CT molecular complexity index is 404. The zero-order valence-electron chi connectivity index (χ0n) is 8.82. The molecule has 0 bridgehead atoms. The highest BCUT2D eigenvalue weighted by atomic mass is 16.6. The molecule has 0 saturated carbocycles. The fourth-order valence-electron chi connectivity index (χ4n) is 1.06. The molecule has 1 heterocycles. The topological polar surface area (TPSA) is 96.6 Å². The maximum atomic E-state index is 10.7. The van der Waals surface area contributed by atoms with E-state index < -0.39 is 16.9 Å². The number of rotatable bonds is 4. The highest BCUT2D eigenvalue weighted by molar-refractivity contribution is 5.76. The maximum absolute atomic E-state index is 10.7. The maximum Gasteiger partial charge on any atom is 0.326 e. The average Bonchev–Trinajstić information content (AvgIpc) is 2.27. The van der Waals surface area contributed by atoms with Gasteiger partial charge in [-0.1, -0.05) is 0 Å². The zero-order chi connectivity index (χ0) is 12.3. The Morgan fingerprint density at radius 3 is 2.62 bits per heavy atom. The molecule has 0 aliphatic heterocycles. The van der Waals surface area contributed by atoms with Crippen LogP contribution in [0.4, 0.5) is 11.5 Å². The van der Waals surface area contributed by atoms with Crippen molar-refractivity contribution in [3.63, 3.8) is 0 Å². The summed E-state index contributed by atoms with van der Waals surface area (Å²) in [6.45, 7) is 1.51. The minimum atomic E-state index is -0.984. The van der Waals surface area contributed by atoms with Gasteiger partial charge in [0.1, 0.15) is 18.1 Å². The molecule has 0 radical (unpaired) electrons. The van der Waals surface area contributed by atoms with Crippen molar-refractivity contribution in [3.8, 4) is 0 Å². The van der Waals surface area contributed by atoms with Crippen molar-refractivity contribution in [2.75, 3.05) is 11.9 Å². The van der Waals surface area contributed by atoms with E-state index in [2.05, 4.69) is 4.98 Å². The van der Waals surface area contributed by atoms with Crippen molar-refractivity contribution in [3.05, 3.63) is 28.4 Å². The Balaban J connectivity index is 2.89. The van der Waals surface area contributed by atoms with E-state index in [-0.39, 0.29) is 5.69 Å². The second-order valence-corrected chi connectivity index (χ2v) is 3.26. The summed E-state index contributed by atoms with van der Waals surface area (Å²) in [6, 6.07) is 1.96. The predicted molar refractivity (Wildman–Crippen MR) is 56.4 cm³/mol. The lowest BCUT2D eigenvalue weighted by molar-refractivity contribution is -0.385. The van der Waals surface area contributed by atoms with Crippen LogP contribution in [0.2, 0.25) is 0 Å². The van der Waals surface area contributed by atoms with E-state index in [1.54, 1.807) is 7.05 Å². The van der Waals surface area contributed by atoms with Crippen LogP contribution < -0.4 is 4.90 Å². The third kappa shape index (κ3) is 2.44. The number of carboxylic acid groups (broad SMARTS) is 1. The molecule has 1 N–H and O–H groups in total. The van der Waals surface area contributed by atoms with Gasteiger partial charge in [-0.25, -0.2) is 9.78 Å². The Morgan fingerprint density at radius 1 is 1.62 bits per heavy atom. The number of carbonyl (C=O) groups is 1. The normalized spacial score (nSPS) is 11.9. The summed E-state index contributed by atoms with van der Waals surface area (Å²) in [6.07, 6.45) is 1.10. The van der Waals surface area contributed by atoms with Gasteiger partial charge in [-0.3, -0.25) is 10.1 Å². The SMILES string of the molecule is CC(C(=O)O)N(C)c1ccc([N+](=O)[O-])cn1. The Hall–Kier alpha value is -2.18. The van der Waals surface area contributed by atoms with Crippen LogP contribution in [0.1, 0.15) is 6.92 Å². The molecule has 1 aromatic heterocycles. The van der Waals surface area contributed by atoms with E-state index in [1.165, 1.54) is 24.0 Å². The molecular weight excluding hydrogens is 214 g/mol. The van der Waals surface area contributed by atoms with Crippen LogP contribution in [-0.4, -0.2) is 34.1 Å². The molecule has 1 rings (SSSR count). The van der Waals surface area contributed by atoms with Gasteiger partial charge in [-0.15, -0.1) is 0 Å². The second kappa shape index (κ2) is 4.56. The van der Waals surface area contributed by atoms with Crippen molar-refractivity contribution in [2.24, 2.45) is 0 Å². The summed E-state index contributed by atoms with van der Waals surface area (Å²) in [5, 5.41) is 19.2. The first kappa shape index (κ1) is 11.9. The number of hydrogen-bond acceptors (Lipinski definition) is 5. The van der Waals surface area contributed by atoms with Crippen molar-refractivity contribution in [1.82, 2.24) is 4.98 Å². The van der Waals surface area contributed by atoms with Crippen molar-refractivity contribution in [1.29, 1.82) is 0 Å². The molecular formula is C9H11N3O4. The number of pyridine rings is 1. The van der Waals surface area contributed by atoms with E-state index >= 15 is 0 Å². The van der Waals surface area contributed by atoms with Gasteiger partial charge in [0.05, 0.1) is 4.92 Å². The second-order valence-electron chi connectivity index (χ2n) is 3.26. The molecule has 0 saturated heterocycles. The predicted octanol–water partition coefficient (Wildman–Crippen LogP) is 0.899. The van der Waals surface area contributed by atoms with Crippen LogP contribution in [0.3, 0.4) is 0 Å². The van der Waals surface area contributed by atoms with Crippen LogP contribution in [0.25, 0.3) is 0 Å². The molecule has 1 unspecified atom stereocenters. The average molecular weight is 225 g/mol. The van der Waals surface area contributed by atoms with E-state index in [9.17, 15) is 14.9 Å². The number of aliphatic carboxylic acids is 1. The number of anilines is 1. The zero-order valence-corrected chi connectivity index (χ0v) is 8.82. The quantitative estimate of drug-likeness (QED) is 0.604. The molecule has 0 aliphatic rings. The lowest BCUT2D eigenvalue weighted by atomic mass is 10.3. The van der Waals surface area contributed by atoms with Gasteiger partial charge >= 0.3 is 5.97 Å². The molecule has 0 fully saturated rings. The Morgan fingerprint density at radius 2 is 2.25 bits per heavy atom. The molecule has 16 heavy (non-hydrogen) atoms. The summed E-state index contributed by atoms with van der Waals surface area (Å²) in [5.41, 5.74) is -0.125. The summed E-state index contributed by atoms with van der Waals surface area (Å²) in [4.78, 5) is 25.8. The number of hydrogen-bond donors (Lipinski definition) is 1. The van der Waals surface area contributed by atoms with Crippen LogP contribution in [0.5, 0.6) is 0 Å². The van der Waals surface area contributed by atoms with Gasteiger partial charge in [0.25, 0.3) is 5.69 Å². The minimum absolute atomic E-state index is 0.125. The molecule has 0 aromatic carbocycles. The molecule has 1 aromatic rings. The van der Waals surface area contributed by atoms with Gasteiger partial charge in [0.2, 0.25) is 0 Å². The van der Waals surface area contributed by atoms with Gasteiger partial charge < -0.3 is 10.0 Å². The van der Waals surface area contributed by atoms with Crippen LogP contribution in [-0.2, 0) is 4.79 Å². The van der Waals surface area contributed by atoms with Crippen molar-refractivity contribution in [2.45, 2.75) is 13.0 Å². The van der Waals surface area contributed by atoms with Gasteiger partial charge in [-0.2, -0.15) is 0 Å². The lowest BCUT2D eigenvalue weighted by Crippen LogP contribution is -2.36. The Labute approximate surface area is 91.5 Å². The molecule has 0 amide bonds.